The van der Waals surface area contributed by atoms with Crippen molar-refractivity contribution in [2.45, 2.75) is 267 Å². The molecule has 0 aliphatic heterocycles. The van der Waals surface area contributed by atoms with Gasteiger partial charge in [-0.15, -0.1) is 11.6 Å². The summed E-state index contributed by atoms with van der Waals surface area (Å²) >= 11 is 6.38. The van der Waals surface area contributed by atoms with Crippen LogP contribution in [0, 0.1) is 53.3 Å². The van der Waals surface area contributed by atoms with E-state index in [-0.39, 0.29) is 87.3 Å². The number of aliphatic hydroxyl groups excluding tert-OH is 1. The van der Waals surface area contributed by atoms with E-state index >= 15 is 0 Å². The van der Waals surface area contributed by atoms with Crippen LogP contribution in [-0.4, -0.2) is 184 Å². The Labute approximate surface area is 620 Å². The Kier molecular flexibility index (Phi) is 39.5. The highest BCUT2D eigenvalue weighted by Gasteiger charge is 2.40. The molecule has 1 heterocycles. The highest BCUT2D eigenvalue weighted by molar-refractivity contribution is 6.20. The summed E-state index contributed by atoms with van der Waals surface area (Å²) in [6, 6.07) is -6.79. The topological polar surface area (TPSA) is 476 Å². The Morgan fingerprint density at radius 3 is 1.37 bits per heavy atom. The molecule has 0 fully saturated rings. The number of alkyl halides is 1. The number of aliphatic hydroxyl groups is 1. The van der Waals surface area contributed by atoms with Gasteiger partial charge in [0.25, 0.3) is 0 Å². The zero-order chi connectivity index (χ0) is 79.3. The van der Waals surface area contributed by atoms with Crippen molar-refractivity contribution < 1.29 is 62.6 Å². The Morgan fingerprint density at radius 1 is 0.481 bits per heavy atom. The number of para-hydroxylation sites is 1. The second kappa shape index (κ2) is 44.6. The molecule has 12 amide bonds. The second-order valence-electron chi connectivity index (χ2n) is 30.2. The van der Waals surface area contributed by atoms with Crippen molar-refractivity contribution in [1.29, 1.82) is 0 Å². The maximum atomic E-state index is 14.7. The number of nitrogens with two attached hydrogens (primary N) is 3. The lowest BCUT2D eigenvalue weighted by Crippen LogP contribution is -2.62. The Balaban J connectivity index is 2.45. The number of rotatable bonds is 45. The quantitative estimate of drug-likeness (QED) is 0.0195. The Hall–Kier alpha value is -8.12. The van der Waals surface area contributed by atoms with Gasteiger partial charge in [0.1, 0.15) is 66.5 Å². The number of carbonyl (C=O) groups is 12. The summed E-state index contributed by atoms with van der Waals surface area (Å²) in [7, 11) is 0. The minimum Gasteiger partial charge on any atom is -0.392 e. The number of nitrogens with zero attached hydrogens (tertiary/aromatic N) is 1. The van der Waals surface area contributed by atoms with Crippen molar-refractivity contribution in [2.24, 2.45) is 75.5 Å². The summed E-state index contributed by atoms with van der Waals surface area (Å²) in [5.41, 5.74) is 18.6. The van der Waals surface area contributed by atoms with Crippen LogP contribution < -0.4 is 81.0 Å². The number of benzene rings is 1. The van der Waals surface area contributed by atoms with Crippen molar-refractivity contribution in [3.63, 3.8) is 0 Å². The van der Waals surface area contributed by atoms with Crippen LogP contribution in [0.5, 0.6) is 0 Å². The van der Waals surface area contributed by atoms with E-state index < -0.39 is 178 Å². The summed E-state index contributed by atoms with van der Waals surface area (Å²) in [6.07, 6.45) is 1.20. The van der Waals surface area contributed by atoms with Crippen molar-refractivity contribution >= 4 is 99.3 Å². The summed E-state index contributed by atoms with van der Waals surface area (Å²) in [5.74, 6) is -12.1. The van der Waals surface area contributed by atoms with Gasteiger partial charge in [0.05, 0.1) is 12.5 Å². The number of hydrogen-bond acceptors (Lipinski definition) is 15. The number of carbonyl (C=O) groups excluding carboxylic acids is 12. The van der Waals surface area contributed by atoms with Crippen LogP contribution in [0.4, 0.5) is 0 Å². The van der Waals surface area contributed by atoms with E-state index in [4.69, 9.17) is 28.8 Å². The smallest absolute Gasteiger partial charge is 0.243 e. The summed E-state index contributed by atoms with van der Waals surface area (Å²) in [4.78, 5) is 177. The largest absolute Gasteiger partial charge is 0.392 e. The van der Waals surface area contributed by atoms with Crippen molar-refractivity contribution in [2.75, 3.05) is 13.1 Å². The van der Waals surface area contributed by atoms with Crippen molar-refractivity contribution in [3.8, 4) is 0 Å². The molecule has 0 saturated carbocycles. The highest BCUT2D eigenvalue weighted by atomic mass is 35.5. The number of H-pyrrole nitrogens is 1. The molecule has 0 bridgehead atoms. The van der Waals surface area contributed by atoms with Crippen molar-refractivity contribution in [1.82, 2.24) is 68.8 Å². The number of amides is 12. The number of aliphatic imine (C=N–C) groups is 1. The van der Waals surface area contributed by atoms with Gasteiger partial charge in [0, 0.05) is 53.9 Å². The molecule has 0 spiro atoms. The summed E-state index contributed by atoms with van der Waals surface area (Å²) in [6.45, 7) is 34.7. The lowest BCUT2D eigenvalue weighted by molar-refractivity contribution is -0.137. The van der Waals surface area contributed by atoms with Gasteiger partial charge in [0.15, 0.2) is 5.96 Å². The number of guanidine groups is 1. The zero-order valence-electron chi connectivity index (χ0n) is 64.9. The van der Waals surface area contributed by atoms with E-state index in [2.05, 4.69) is 73.8 Å². The molecule has 30 nitrogen and oxygen atoms in total. The van der Waals surface area contributed by atoms with Crippen LogP contribution in [0.2, 0.25) is 0 Å². The Bertz CT molecular complexity index is 3190. The van der Waals surface area contributed by atoms with E-state index in [1.807, 2.05) is 65.8 Å². The second-order valence-corrected chi connectivity index (χ2v) is 30.9. The molecule has 1 aromatic carbocycles. The number of halogens is 1. The van der Waals surface area contributed by atoms with Gasteiger partial charge in [-0.3, -0.25) is 62.5 Å². The van der Waals surface area contributed by atoms with Gasteiger partial charge in [-0.05, 0) is 105 Å². The van der Waals surface area contributed by atoms with E-state index in [1.165, 1.54) is 13.8 Å². The fourth-order valence-electron chi connectivity index (χ4n) is 11.2. The van der Waals surface area contributed by atoms with E-state index in [1.54, 1.807) is 89.3 Å². The third-order valence-electron chi connectivity index (χ3n) is 18.4. The van der Waals surface area contributed by atoms with Crippen LogP contribution in [0.3, 0.4) is 0 Å². The molecule has 31 heteroatoms. The third-order valence-corrected chi connectivity index (χ3v) is 18.8. The van der Waals surface area contributed by atoms with Crippen LogP contribution >= 0.6 is 11.6 Å². The van der Waals surface area contributed by atoms with Gasteiger partial charge in [-0.25, -0.2) is 0 Å². The van der Waals surface area contributed by atoms with E-state index in [9.17, 15) is 62.6 Å². The number of aromatic nitrogens is 1. The molecule has 16 atom stereocenters. The maximum absolute atomic E-state index is 14.7. The van der Waals surface area contributed by atoms with E-state index in [0.717, 1.165) is 10.9 Å². The minimum absolute atomic E-state index is 0.00891. The number of aromatic amines is 1. The predicted molar refractivity (Wildman–Crippen MR) is 403 cm³/mol. The number of fused-ring (bicyclic) bond motifs is 1. The summed E-state index contributed by atoms with van der Waals surface area (Å²) < 4.78 is 0. The molecule has 0 aliphatic carbocycles. The van der Waals surface area contributed by atoms with Crippen LogP contribution in [0.1, 0.15) is 183 Å². The van der Waals surface area contributed by atoms with Crippen molar-refractivity contribution in [3.05, 3.63) is 36.0 Å². The summed E-state index contributed by atoms with van der Waals surface area (Å²) in [5, 5.41) is 43.5. The Morgan fingerprint density at radius 2 is 0.894 bits per heavy atom. The average Bonchev–Trinajstić information content (AvgIpc) is 1.61. The number of nitrogens with one attached hydrogen (secondary N) is 13. The lowest BCUT2D eigenvalue weighted by atomic mass is 9.95. The molecule has 20 N–H and O–H groups in total. The van der Waals surface area contributed by atoms with Gasteiger partial charge in [-0.1, -0.05) is 142 Å². The van der Waals surface area contributed by atoms with Gasteiger partial charge >= 0.3 is 0 Å². The molecule has 0 aliphatic rings. The first-order valence-electron chi connectivity index (χ1n) is 36.7. The third kappa shape index (κ3) is 30.5. The molecule has 2 rings (SSSR count). The monoisotopic (exact) mass is 1480 g/mol. The number of hydrogen-bond donors (Lipinski definition) is 17. The van der Waals surface area contributed by atoms with Gasteiger partial charge in [-0.2, -0.15) is 0 Å². The minimum atomic E-state index is -1.38. The first kappa shape index (κ1) is 92.0. The average molecular weight is 1490 g/mol. The standard InChI is InChI=1S/C73H126ClN17O13/c1-21-42(16)60(91-66(98)52(30-36(4)5)83-62(94)45(19)81-72(104)61(43(17)44(18)74)87-56(93)32-55(92)38(8)9)71(103)90-59(41(14)15)68(100)82-50(27-24-28-78-73(76)77)64(96)80-46(20)63(95)88-57(39(10)11)69(101)85-53(31-47-34-79-49-26-23-22-25-48(47)49)67(99)89-58(40(12)13)70(102)84-51(29-35(2)3)65(97)86-54(33-75)37(6)7/h22-23,25-26,34-46,50-55,57-61,79,92H,21,24,27-33,75H2,1-20H3,(H,80,96)(H,81,104)(H,82,100)(H,83,94)(H,84,102)(H,85,101)(H,86,97)(H,87,93)(H,88,95)(H,89,99)(H,90,103)(H,91,98)(H4,76,77,78)/t42-,43-,44?,45-,46-,50+,51-,52+,53+,54+,55+,57-,58-,59-,60-,61-/m0/s1. The first-order valence-corrected chi connectivity index (χ1v) is 37.2. The maximum Gasteiger partial charge on any atom is 0.243 e. The van der Waals surface area contributed by atoms with E-state index in [0.29, 0.717) is 12.0 Å². The molecule has 1 unspecified atom stereocenters. The molecule has 588 valence electrons. The molecule has 1 aromatic heterocycles. The molecular weight excluding hydrogens is 1360 g/mol. The van der Waals surface area contributed by atoms with Crippen LogP contribution in [0.25, 0.3) is 10.9 Å². The fraction of sp³-hybridized carbons (Fsp3) is 0.712. The van der Waals surface area contributed by atoms with Gasteiger partial charge in [0.2, 0.25) is 70.9 Å². The normalized spacial score (nSPS) is 16.3. The predicted octanol–water partition coefficient (Wildman–Crippen LogP) is 2.01. The molecule has 2 aromatic rings. The van der Waals surface area contributed by atoms with Crippen LogP contribution in [-0.2, 0) is 64.0 Å². The molecule has 0 saturated heterocycles. The molecule has 0 radical (unpaired) electrons. The zero-order valence-corrected chi connectivity index (χ0v) is 65.7. The molecule has 104 heavy (non-hydrogen) atoms. The van der Waals surface area contributed by atoms with Crippen LogP contribution in [0.15, 0.2) is 35.5 Å². The fourth-order valence-corrected chi connectivity index (χ4v) is 11.4. The van der Waals surface area contributed by atoms with Gasteiger partial charge < -0.3 is 91.1 Å². The SMILES string of the molecule is CC[C@H](C)[C@H](NC(=O)[C@@H](CC(C)C)NC(=O)[C@H](C)NC(=O)[C@@H](NC(=O)C[C@@H](O)C(C)C)[C@@H](C)C(C)Cl)C(=O)N[C@H](C(=O)N[C@H](CCCN=C(N)N)C(=O)N[C@@H](C)C(=O)N[C@H](C(=O)N[C@H](Cc1c[nH]c2ccccc12)C(=O)N[C@H](C(=O)N[C@@H](CC(C)C)C(=O)N[C@H](CN)C(C)C)C(C)C)C(C)C)C(C)C. The highest BCUT2D eigenvalue weighted by Crippen LogP contribution is 2.22. The molecular formula is C73H126ClN17O13. The lowest BCUT2D eigenvalue weighted by Gasteiger charge is -2.31. The first-order chi connectivity index (χ1) is 48.5.